The molecule has 0 radical (unpaired) electrons. The van der Waals surface area contributed by atoms with E-state index in [2.05, 4.69) is 13.0 Å². The highest BCUT2D eigenvalue weighted by Gasteiger charge is 1.97. The molecule has 12 heavy (non-hydrogen) atoms. The molecule has 0 amide bonds. The maximum absolute atomic E-state index is 5.76. The Balaban J connectivity index is 2.96. The molecule has 1 aromatic carbocycles. The van der Waals surface area contributed by atoms with Crippen molar-refractivity contribution in [3.8, 4) is 0 Å². The van der Waals surface area contributed by atoms with Gasteiger partial charge in [-0.25, -0.2) is 0 Å². The van der Waals surface area contributed by atoms with Gasteiger partial charge >= 0.3 is 0 Å². The molecule has 0 aliphatic heterocycles. The summed E-state index contributed by atoms with van der Waals surface area (Å²) < 4.78 is 0. The molecule has 2 N–H and O–H groups in total. The van der Waals surface area contributed by atoms with Crippen molar-refractivity contribution in [1.29, 1.82) is 0 Å². The Kier molecular flexibility index (Phi) is 3.23. The topological polar surface area (TPSA) is 26.0 Å². The zero-order valence-electron chi connectivity index (χ0n) is 7.21. The Morgan fingerprint density at radius 3 is 2.83 bits per heavy atom. The first-order chi connectivity index (χ1) is 5.77. The van der Waals surface area contributed by atoms with Crippen molar-refractivity contribution in [3.05, 3.63) is 29.3 Å². The van der Waals surface area contributed by atoms with E-state index in [4.69, 9.17) is 18.0 Å². The lowest BCUT2D eigenvalue weighted by molar-refractivity contribution is 1.13. The number of thiocarbonyl (C=S) groups is 1. The van der Waals surface area contributed by atoms with E-state index in [1.165, 1.54) is 11.1 Å². The Morgan fingerprint density at radius 1 is 1.50 bits per heavy atom. The van der Waals surface area contributed by atoms with E-state index in [1.54, 1.807) is 5.37 Å². The molecule has 0 bridgehead atoms. The minimum atomic E-state index is 0.850. The highest BCUT2D eigenvalue weighted by Crippen LogP contribution is 2.14. The molecule has 1 aromatic rings. The summed E-state index contributed by atoms with van der Waals surface area (Å²) in [5.74, 6) is 0. The monoisotopic (exact) mass is 179 g/mol. The fraction of sp³-hybridized carbons (Fsp3) is 0.300. The van der Waals surface area contributed by atoms with Gasteiger partial charge in [-0.3, -0.25) is 0 Å². The normalized spacial score (nSPS) is 9.75. The van der Waals surface area contributed by atoms with Gasteiger partial charge < -0.3 is 5.73 Å². The Bertz CT molecular complexity index is 281. The lowest BCUT2D eigenvalue weighted by atomic mass is 10.1. The highest BCUT2D eigenvalue weighted by atomic mass is 32.1. The van der Waals surface area contributed by atoms with Crippen molar-refractivity contribution in [2.24, 2.45) is 0 Å². The fourth-order valence-corrected chi connectivity index (χ4v) is 1.38. The van der Waals surface area contributed by atoms with E-state index in [0.717, 1.165) is 18.5 Å². The predicted molar refractivity (Wildman–Crippen MR) is 57.6 cm³/mol. The fourth-order valence-electron chi connectivity index (χ4n) is 1.19. The molecular weight excluding hydrogens is 166 g/mol. The van der Waals surface area contributed by atoms with E-state index >= 15 is 0 Å². The SMILES string of the molecule is CCc1cc(CC=S)ccc1N. The molecule has 1 rings (SSSR count). The maximum Gasteiger partial charge on any atom is 0.0346 e. The Labute approximate surface area is 78.6 Å². The lowest BCUT2D eigenvalue weighted by Gasteiger charge is -2.04. The summed E-state index contributed by atoms with van der Waals surface area (Å²) in [6.45, 7) is 2.10. The van der Waals surface area contributed by atoms with Gasteiger partial charge in [0.1, 0.15) is 0 Å². The summed E-state index contributed by atoms with van der Waals surface area (Å²) in [6.07, 6.45) is 1.83. The van der Waals surface area contributed by atoms with Gasteiger partial charge in [0.25, 0.3) is 0 Å². The van der Waals surface area contributed by atoms with Gasteiger partial charge in [0.05, 0.1) is 0 Å². The first kappa shape index (κ1) is 9.20. The summed E-state index contributed by atoms with van der Waals surface area (Å²) >= 11 is 4.79. The van der Waals surface area contributed by atoms with Crippen LogP contribution in [-0.2, 0) is 12.8 Å². The van der Waals surface area contributed by atoms with Crippen LogP contribution in [0.15, 0.2) is 18.2 Å². The summed E-state index contributed by atoms with van der Waals surface area (Å²) in [5, 5.41) is 1.74. The minimum absolute atomic E-state index is 0.850. The largest absolute Gasteiger partial charge is 0.399 e. The van der Waals surface area contributed by atoms with E-state index < -0.39 is 0 Å². The second kappa shape index (κ2) is 4.21. The third-order valence-electron chi connectivity index (χ3n) is 1.91. The third kappa shape index (κ3) is 2.05. The molecule has 2 heteroatoms. The molecule has 0 saturated carbocycles. The van der Waals surface area contributed by atoms with Crippen LogP contribution in [0.1, 0.15) is 18.1 Å². The minimum Gasteiger partial charge on any atom is -0.399 e. The van der Waals surface area contributed by atoms with Gasteiger partial charge in [0.15, 0.2) is 0 Å². The molecule has 0 aromatic heterocycles. The highest BCUT2D eigenvalue weighted by molar-refractivity contribution is 7.78. The number of benzene rings is 1. The van der Waals surface area contributed by atoms with Crippen molar-refractivity contribution in [1.82, 2.24) is 0 Å². The van der Waals surface area contributed by atoms with Crippen molar-refractivity contribution in [2.45, 2.75) is 19.8 Å². The van der Waals surface area contributed by atoms with E-state index in [0.29, 0.717) is 0 Å². The number of nitrogen functional groups attached to an aromatic ring is 1. The van der Waals surface area contributed by atoms with Crippen LogP contribution in [0.3, 0.4) is 0 Å². The van der Waals surface area contributed by atoms with Crippen LogP contribution in [0.4, 0.5) is 5.69 Å². The van der Waals surface area contributed by atoms with Gasteiger partial charge in [0, 0.05) is 12.1 Å². The van der Waals surface area contributed by atoms with Gasteiger partial charge in [-0.2, -0.15) is 0 Å². The number of rotatable bonds is 3. The second-order valence-corrected chi connectivity index (χ2v) is 3.09. The van der Waals surface area contributed by atoms with Crippen LogP contribution < -0.4 is 5.73 Å². The van der Waals surface area contributed by atoms with Crippen molar-refractivity contribution in [2.75, 3.05) is 5.73 Å². The van der Waals surface area contributed by atoms with Gasteiger partial charge in [-0.15, -0.1) is 0 Å². The number of anilines is 1. The van der Waals surface area contributed by atoms with E-state index in [-0.39, 0.29) is 0 Å². The number of aryl methyl sites for hydroxylation is 1. The van der Waals surface area contributed by atoms with Crippen LogP contribution in [0.5, 0.6) is 0 Å². The second-order valence-electron chi connectivity index (χ2n) is 2.76. The molecule has 0 unspecified atom stereocenters. The molecule has 64 valence electrons. The molecule has 0 fully saturated rings. The van der Waals surface area contributed by atoms with Crippen molar-refractivity contribution < 1.29 is 0 Å². The van der Waals surface area contributed by atoms with Crippen LogP contribution >= 0.6 is 12.2 Å². The molecular formula is C10H13NS. The van der Waals surface area contributed by atoms with Crippen LogP contribution in [-0.4, -0.2) is 5.37 Å². The van der Waals surface area contributed by atoms with Crippen molar-refractivity contribution in [3.63, 3.8) is 0 Å². The van der Waals surface area contributed by atoms with E-state index in [1.807, 2.05) is 12.1 Å². The summed E-state index contributed by atoms with van der Waals surface area (Å²) in [5.41, 5.74) is 9.10. The lowest BCUT2D eigenvalue weighted by Crippen LogP contribution is -1.95. The number of hydrogen-bond acceptors (Lipinski definition) is 2. The summed E-state index contributed by atoms with van der Waals surface area (Å²) in [4.78, 5) is 0. The van der Waals surface area contributed by atoms with Crippen LogP contribution in [0.25, 0.3) is 0 Å². The number of hydrogen-bond donors (Lipinski definition) is 1. The maximum atomic E-state index is 5.76. The summed E-state index contributed by atoms with van der Waals surface area (Å²) in [7, 11) is 0. The molecule has 0 spiro atoms. The third-order valence-corrected chi connectivity index (χ3v) is 2.07. The number of nitrogens with two attached hydrogens (primary N) is 1. The van der Waals surface area contributed by atoms with E-state index in [9.17, 15) is 0 Å². The molecule has 0 atom stereocenters. The zero-order chi connectivity index (χ0) is 8.97. The van der Waals surface area contributed by atoms with Crippen molar-refractivity contribution >= 4 is 23.3 Å². The first-order valence-electron chi connectivity index (χ1n) is 4.08. The average Bonchev–Trinajstić information content (AvgIpc) is 2.09. The van der Waals surface area contributed by atoms with Gasteiger partial charge in [0.2, 0.25) is 0 Å². The zero-order valence-corrected chi connectivity index (χ0v) is 8.03. The Hall–Kier alpha value is -0.890. The molecule has 0 aliphatic carbocycles. The molecule has 0 aliphatic rings. The van der Waals surface area contributed by atoms with Gasteiger partial charge in [-0.1, -0.05) is 31.3 Å². The Morgan fingerprint density at radius 2 is 2.25 bits per heavy atom. The standard InChI is InChI=1S/C10H13NS/c1-2-9-7-8(5-6-12)3-4-10(9)11/h3-4,6-7H,2,5,11H2,1H3. The summed E-state index contributed by atoms with van der Waals surface area (Å²) in [6, 6.07) is 6.10. The predicted octanol–water partition coefficient (Wildman–Crippen LogP) is 2.37. The van der Waals surface area contributed by atoms with Gasteiger partial charge in [-0.05, 0) is 29.0 Å². The molecule has 1 nitrogen and oxygen atoms in total. The first-order valence-corrected chi connectivity index (χ1v) is 4.56. The average molecular weight is 179 g/mol. The van der Waals surface area contributed by atoms with Crippen LogP contribution in [0.2, 0.25) is 0 Å². The van der Waals surface area contributed by atoms with Crippen LogP contribution in [0, 0.1) is 0 Å². The molecule has 0 saturated heterocycles. The quantitative estimate of drug-likeness (QED) is 0.569. The molecule has 0 heterocycles. The smallest absolute Gasteiger partial charge is 0.0346 e.